The third-order valence-corrected chi connectivity index (χ3v) is 8.28. The summed E-state index contributed by atoms with van der Waals surface area (Å²) < 4.78 is 16.8. The van der Waals surface area contributed by atoms with Gasteiger partial charge in [0.15, 0.2) is 0 Å². The number of benzene rings is 2. The Morgan fingerprint density at radius 3 is 2.86 bits per heavy atom. The summed E-state index contributed by atoms with van der Waals surface area (Å²) in [5.74, 6) is 0.216. The molecular weight excluding hydrogens is 485 g/mol. The quantitative estimate of drug-likeness (QED) is 0.332. The van der Waals surface area contributed by atoms with Crippen molar-refractivity contribution in [2.45, 2.75) is 19.0 Å². The largest absolute Gasteiger partial charge is 0.340 e. The fraction of sp³-hybridized carbons (Fsp3) is 0.320. The molecule has 0 amide bonds. The highest BCUT2D eigenvalue weighted by Gasteiger charge is 2.24. The van der Waals surface area contributed by atoms with Crippen molar-refractivity contribution in [1.82, 2.24) is 29.5 Å². The van der Waals surface area contributed by atoms with Crippen molar-refractivity contribution in [3.8, 4) is 0 Å². The zero-order valence-corrected chi connectivity index (χ0v) is 21.1. The summed E-state index contributed by atoms with van der Waals surface area (Å²) in [4.78, 5) is 14.7. The second-order valence-corrected chi connectivity index (χ2v) is 10.6. The molecule has 5 aromatic rings. The van der Waals surface area contributed by atoms with Crippen LogP contribution in [0.5, 0.6) is 0 Å². The van der Waals surface area contributed by atoms with Crippen molar-refractivity contribution in [1.29, 1.82) is 0 Å². The van der Waals surface area contributed by atoms with Crippen LogP contribution in [0.3, 0.4) is 0 Å². The lowest BCUT2D eigenvalue weighted by atomic mass is 10.1. The number of fused-ring (bicyclic) bond motifs is 5. The van der Waals surface area contributed by atoms with Crippen LogP contribution in [-0.4, -0.2) is 69.3 Å². The molecule has 4 heterocycles. The van der Waals surface area contributed by atoms with Gasteiger partial charge in [0.2, 0.25) is 0 Å². The molecule has 1 N–H and O–H groups in total. The van der Waals surface area contributed by atoms with Crippen LogP contribution in [0.4, 0.5) is 15.9 Å². The van der Waals surface area contributed by atoms with Gasteiger partial charge in [-0.25, -0.2) is 14.4 Å². The number of halogens is 2. The molecular formula is C25H25ClFN7S. The molecule has 0 spiro atoms. The standard InChI is InChI=1S/C25H25ClFN7S/c1-32(2)16-7-8-33(13-16)9-10-34-21-6-4-17-22-24(31-15-3-5-20(27)19(26)11-15)28-14-29-25(22)35-23(17)18(21)12-30-34/h3-6,11-12,14,16H,7-10,13H2,1-2H3,(H,28,29,31)/t16-/m0/s1. The lowest BCUT2D eigenvalue weighted by molar-refractivity contribution is 0.262. The SMILES string of the molecule is CN(C)[C@H]1CCN(CCn2ncc3c4sc5ncnc(Nc6ccc(F)c(Cl)c6)c5c4ccc32)C1. The van der Waals surface area contributed by atoms with Crippen LogP contribution in [0.25, 0.3) is 31.2 Å². The molecule has 0 saturated carbocycles. The summed E-state index contributed by atoms with van der Waals surface area (Å²) in [6, 6.07) is 9.44. The van der Waals surface area contributed by atoms with Gasteiger partial charge in [-0.05, 0) is 51.3 Å². The third-order valence-electron chi connectivity index (χ3n) is 6.85. The van der Waals surface area contributed by atoms with Crippen LogP contribution in [0.1, 0.15) is 6.42 Å². The van der Waals surface area contributed by atoms with Crippen LogP contribution < -0.4 is 5.32 Å². The second-order valence-electron chi connectivity index (χ2n) is 9.21. The van der Waals surface area contributed by atoms with Crippen molar-refractivity contribution < 1.29 is 4.39 Å². The first-order chi connectivity index (χ1) is 17.0. The highest BCUT2D eigenvalue weighted by molar-refractivity contribution is 7.26. The predicted octanol–water partition coefficient (Wildman–Crippen LogP) is 5.37. The molecule has 0 bridgehead atoms. The summed E-state index contributed by atoms with van der Waals surface area (Å²) >= 11 is 7.60. The maximum atomic E-state index is 13.6. The van der Waals surface area contributed by atoms with E-state index < -0.39 is 5.82 Å². The summed E-state index contributed by atoms with van der Waals surface area (Å²) in [5.41, 5.74) is 1.79. The molecule has 1 atom stereocenters. The highest BCUT2D eigenvalue weighted by Crippen LogP contribution is 2.40. The number of likely N-dealkylation sites (N-methyl/N-ethyl adjacent to an activating group) is 1. The number of hydrogen-bond donors (Lipinski definition) is 1. The Bertz CT molecular complexity index is 1550. The Hall–Kier alpha value is -2.85. The van der Waals surface area contributed by atoms with Gasteiger partial charge in [-0.1, -0.05) is 17.7 Å². The lowest BCUT2D eigenvalue weighted by Gasteiger charge is -2.20. The van der Waals surface area contributed by atoms with Crippen molar-refractivity contribution in [2.75, 3.05) is 39.0 Å². The maximum Gasteiger partial charge on any atom is 0.143 e. The van der Waals surface area contributed by atoms with Crippen molar-refractivity contribution in [3.05, 3.63) is 53.7 Å². The fourth-order valence-electron chi connectivity index (χ4n) is 4.88. The lowest BCUT2D eigenvalue weighted by Crippen LogP contribution is -2.32. The normalized spacial score (nSPS) is 16.9. The summed E-state index contributed by atoms with van der Waals surface area (Å²) in [7, 11) is 4.32. The minimum atomic E-state index is -0.451. The van der Waals surface area contributed by atoms with Crippen LogP contribution in [0.2, 0.25) is 5.02 Å². The Morgan fingerprint density at radius 1 is 1.17 bits per heavy atom. The average molecular weight is 510 g/mol. The van der Waals surface area contributed by atoms with Crippen molar-refractivity contribution >= 4 is 65.6 Å². The van der Waals surface area contributed by atoms with E-state index in [4.69, 9.17) is 16.7 Å². The predicted molar refractivity (Wildman–Crippen MR) is 141 cm³/mol. The van der Waals surface area contributed by atoms with E-state index in [1.54, 1.807) is 29.8 Å². The number of likely N-dealkylation sites (tertiary alicyclic amines) is 1. The molecule has 0 radical (unpaired) electrons. The zero-order valence-electron chi connectivity index (χ0n) is 19.5. The first-order valence-corrected chi connectivity index (χ1v) is 12.8. The summed E-state index contributed by atoms with van der Waals surface area (Å²) in [6.45, 7) is 4.10. The minimum Gasteiger partial charge on any atom is -0.340 e. The number of nitrogens with one attached hydrogen (secondary N) is 1. The topological polar surface area (TPSA) is 62.1 Å². The van der Waals surface area contributed by atoms with E-state index in [0.29, 0.717) is 17.5 Å². The molecule has 1 fully saturated rings. The van der Waals surface area contributed by atoms with E-state index in [1.807, 2.05) is 6.20 Å². The smallest absolute Gasteiger partial charge is 0.143 e. The molecule has 0 unspecified atom stereocenters. The van der Waals surface area contributed by atoms with Gasteiger partial charge in [-0.15, -0.1) is 11.3 Å². The van der Waals surface area contributed by atoms with E-state index in [9.17, 15) is 4.39 Å². The molecule has 1 aliphatic rings. The Kier molecular flexibility index (Phi) is 5.80. The van der Waals surface area contributed by atoms with Gasteiger partial charge >= 0.3 is 0 Å². The average Bonchev–Trinajstić information content (AvgIpc) is 3.56. The number of nitrogens with zero attached hydrogens (tertiary/aromatic N) is 6. The highest BCUT2D eigenvalue weighted by atomic mass is 35.5. The Labute approximate surface area is 211 Å². The van der Waals surface area contributed by atoms with Gasteiger partial charge in [0, 0.05) is 40.3 Å². The Morgan fingerprint density at radius 2 is 2.06 bits per heavy atom. The molecule has 6 rings (SSSR count). The van der Waals surface area contributed by atoms with E-state index in [0.717, 1.165) is 57.4 Å². The monoisotopic (exact) mass is 509 g/mol. The van der Waals surface area contributed by atoms with Crippen molar-refractivity contribution in [3.63, 3.8) is 0 Å². The van der Waals surface area contributed by atoms with Gasteiger partial charge in [-0.3, -0.25) is 9.58 Å². The van der Waals surface area contributed by atoms with Crippen LogP contribution >= 0.6 is 22.9 Å². The maximum absolute atomic E-state index is 13.6. The van der Waals surface area contributed by atoms with Gasteiger partial charge in [0.05, 0.1) is 28.7 Å². The van der Waals surface area contributed by atoms with Crippen molar-refractivity contribution in [2.24, 2.45) is 0 Å². The first-order valence-electron chi connectivity index (χ1n) is 11.6. The zero-order chi connectivity index (χ0) is 24.1. The molecule has 2 aromatic carbocycles. The van der Waals surface area contributed by atoms with E-state index >= 15 is 0 Å². The number of anilines is 2. The molecule has 35 heavy (non-hydrogen) atoms. The molecule has 180 valence electrons. The van der Waals surface area contributed by atoms with E-state index in [1.165, 1.54) is 12.5 Å². The minimum absolute atomic E-state index is 0.0655. The second kappa shape index (κ2) is 8.98. The van der Waals surface area contributed by atoms with Gasteiger partial charge in [-0.2, -0.15) is 5.10 Å². The van der Waals surface area contributed by atoms with Crippen LogP contribution in [0, 0.1) is 5.82 Å². The molecule has 1 saturated heterocycles. The Balaban J connectivity index is 1.32. The van der Waals surface area contributed by atoms with Crippen LogP contribution in [0.15, 0.2) is 42.9 Å². The molecule has 10 heteroatoms. The molecule has 0 aliphatic carbocycles. The fourth-order valence-corrected chi connectivity index (χ4v) is 6.21. The third kappa shape index (κ3) is 4.12. The van der Waals surface area contributed by atoms with Gasteiger partial charge < -0.3 is 10.2 Å². The number of aromatic nitrogens is 4. The number of rotatable bonds is 6. The first kappa shape index (κ1) is 22.6. The van der Waals surface area contributed by atoms with E-state index in [2.05, 4.69) is 56.0 Å². The molecule has 7 nitrogen and oxygen atoms in total. The van der Waals surface area contributed by atoms with Gasteiger partial charge in [0.25, 0.3) is 0 Å². The van der Waals surface area contributed by atoms with E-state index in [-0.39, 0.29) is 5.02 Å². The summed E-state index contributed by atoms with van der Waals surface area (Å²) in [5, 5.41) is 11.2. The number of thiophene rings is 1. The molecule has 3 aromatic heterocycles. The van der Waals surface area contributed by atoms with Crippen LogP contribution in [-0.2, 0) is 6.54 Å². The molecule has 1 aliphatic heterocycles. The van der Waals surface area contributed by atoms with Gasteiger partial charge in [0.1, 0.15) is 22.8 Å². The number of hydrogen-bond acceptors (Lipinski definition) is 7. The summed E-state index contributed by atoms with van der Waals surface area (Å²) in [6.07, 6.45) is 4.72.